The summed E-state index contributed by atoms with van der Waals surface area (Å²) < 4.78 is 0. The Kier molecular flexibility index (Phi) is 2.77. The Labute approximate surface area is 95.3 Å². The maximum Gasteiger partial charge on any atom is 0.0302 e. The molecule has 1 aliphatic heterocycles. The molecule has 0 radical (unpaired) electrons. The molecule has 3 heteroatoms. The predicted octanol–water partition coefficient (Wildman–Crippen LogP) is 2.07. The lowest BCUT2D eigenvalue weighted by atomic mass is 10.2. The van der Waals surface area contributed by atoms with Crippen molar-refractivity contribution < 1.29 is 0 Å². The zero-order chi connectivity index (χ0) is 10.1. The van der Waals surface area contributed by atoms with Gasteiger partial charge in [0.15, 0.2) is 0 Å². The summed E-state index contributed by atoms with van der Waals surface area (Å²) in [6.07, 6.45) is 4.22. The second-order valence-corrected chi connectivity index (χ2v) is 5.70. The average Bonchev–Trinajstić information content (AvgIpc) is 2.82. The van der Waals surface area contributed by atoms with E-state index in [0.717, 1.165) is 18.6 Å². The summed E-state index contributed by atoms with van der Waals surface area (Å²) in [7, 11) is 0. The maximum atomic E-state index is 3.67. The lowest BCUT2D eigenvalue weighted by Gasteiger charge is -2.15. The Morgan fingerprint density at radius 2 is 2.33 bits per heavy atom. The van der Waals surface area contributed by atoms with Gasteiger partial charge in [-0.3, -0.25) is 4.90 Å². The molecule has 2 aliphatic rings. The molecule has 1 aliphatic carbocycles. The van der Waals surface area contributed by atoms with Gasteiger partial charge in [0, 0.05) is 36.6 Å². The molecule has 2 heterocycles. The minimum Gasteiger partial charge on any atom is -0.308 e. The van der Waals surface area contributed by atoms with Crippen LogP contribution in [0.4, 0.5) is 0 Å². The van der Waals surface area contributed by atoms with Gasteiger partial charge in [-0.05, 0) is 30.7 Å². The summed E-state index contributed by atoms with van der Waals surface area (Å²) in [5.74, 6) is 0. The molecule has 0 amide bonds. The summed E-state index contributed by atoms with van der Waals surface area (Å²) in [5.41, 5.74) is 0. The van der Waals surface area contributed by atoms with E-state index >= 15 is 0 Å². The fourth-order valence-corrected chi connectivity index (χ4v) is 3.04. The standard InChI is InChI=1S/C12H18N2S/c1-2-12(15-7-1)8-13-10-5-6-14(9-10)11-3-4-11/h1-2,7,10-11,13H,3-6,8-9H2. The highest BCUT2D eigenvalue weighted by Crippen LogP contribution is 2.29. The predicted molar refractivity (Wildman–Crippen MR) is 64.2 cm³/mol. The number of thiophene rings is 1. The Bertz CT molecular complexity index is 305. The molecule has 0 bridgehead atoms. The average molecular weight is 222 g/mol. The first-order valence-corrected chi connectivity index (χ1v) is 6.79. The Morgan fingerprint density at radius 3 is 3.07 bits per heavy atom. The van der Waals surface area contributed by atoms with E-state index < -0.39 is 0 Å². The van der Waals surface area contributed by atoms with Crippen molar-refractivity contribution in [3.8, 4) is 0 Å². The molecule has 0 spiro atoms. The largest absolute Gasteiger partial charge is 0.308 e. The van der Waals surface area contributed by atoms with E-state index in [1.54, 1.807) is 0 Å². The summed E-state index contributed by atoms with van der Waals surface area (Å²) in [6, 6.07) is 6.02. The van der Waals surface area contributed by atoms with Crippen molar-refractivity contribution in [3.05, 3.63) is 22.4 Å². The van der Waals surface area contributed by atoms with Crippen LogP contribution < -0.4 is 5.32 Å². The molecule has 0 aromatic carbocycles. The number of nitrogens with zero attached hydrogens (tertiary/aromatic N) is 1. The third-order valence-corrected chi connectivity index (χ3v) is 4.30. The fraction of sp³-hybridized carbons (Fsp3) is 0.667. The van der Waals surface area contributed by atoms with Crippen molar-refractivity contribution in [2.75, 3.05) is 13.1 Å². The molecule has 82 valence electrons. The van der Waals surface area contributed by atoms with E-state index in [1.807, 2.05) is 11.3 Å². The maximum absolute atomic E-state index is 3.67. The molecule has 15 heavy (non-hydrogen) atoms. The molecular formula is C12H18N2S. The van der Waals surface area contributed by atoms with Gasteiger partial charge in [-0.25, -0.2) is 0 Å². The van der Waals surface area contributed by atoms with Gasteiger partial charge in [-0.15, -0.1) is 11.3 Å². The highest BCUT2D eigenvalue weighted by molar-refractivity contribution is 7.09. The first-order valence-electron chi connectivity index (χ1n) is 5.91. The van der Waals surface area contributed by atoms with Crippen LogP contribution in [0.3, 0.4) is 0 Å². The summed E-state index contributed by atoms with van der Waals surface area (Å²) in [6.45, 7) is 3.64. The molecule has 2 nitrogen and oxygen atoms in total. The normalized spacial score (nSPS) is 27.3. The van der Waals surface area contributed by atoms with Gasteiger partial charge in [-0.2, -0.15) is 0 Å². The molecule has 1 saturated heterocycles. The summed E-state index contributed by atoms with van der Waals surface area (Å²) in [5, 5.41) is 5.82. The number of nitrogens with one attached hydrogen (secondary N) is 1. The minimum atomic E-state index is 0.729. The zero-order valence-electron chi connectivity index (χ0n) is 8.98. The van der Waals surface area contributed by atoms with Crippen LogP contribution in [-0.2, 0) is 6.54 Å². The van der Waals surface area contributed by atoms with Crippen LogP contribution in [0.2, 0.25) is 0 Å². The van der Waals surface area contributed by atoms with Crippen LogP contribution in [0, 0.1) is 0 Å². The first-order chi connectivity index (χ1) is 7.42. The van der Waals surface area contributed by atoms with Crippen molar-refractivity contribution in [1.82, 2.24) is 10.2 Å². The second kappa shape index (κ2) is 4.24. The lowest BCUT2D eigenvalue weighted by Crippen LogP contribution is -2.32. The molecule has 1 atom stereocenters. The number of hydrogen-bond acceptors (Lipinski definition) is 3. The van der Waals surface area contributed by atoms with Crippen molar-refractivity contribution in [1.29, 1.82) is 0 Å². The fourth-order valence-electron chi connectivity index (χ4n) is 2.38. The third kappa shape index (κ3) is 2.41. The first kappa shape index (κ1) is 9.82. The van der Waals surface area contributed by atoms with E-state index in [9.17, 15) is 0 Å². The van der Waals surface area contributed by atoms with Crippen LogP contribution in [0.1, 0.15) is 24.1 Å². The molecule has 1 aromatic heterocycles. The van der Waals surface area contributed by atoms with Crippen molar-refractivity contribution in [3.63, 3.8) is 0 Å². The van der Waals surface area contributed by atoms with Crippen LogP contribution in [-0.4, -0.2) is 30.1 Å². The van der Waals surface area contributed by atoms with Gasteiger partial charge in [0.05, 0.1) is 0 Å². The molecule has 2 fully saturated rings. The highest BCUT2D eigenvalue weighted by Gasteiger charge is 2.33. The van der Waals surface area contributed by atoms with E-state index in [1.165, 1.54) is 37.2 Å². The molecule has 1 N–H and O–H groups in total. The van der Waals surface area contributed by atoms with Gasteiger partial charge in [0.1, 0.15) is 0 Å². The number of rotatable bonds is 4. The quantitative estimate of drug-likeness (QED) is 0.839. The Hall–Kier alpha value is -0.380. The highest BCUT2D eigenvalue weighted by atomic mass is 32.1. The molecule has 1 aromatic rings. The van der Waals surface area contributed by atoms with Gasteiger partial charge >= 0.3 is 0 Å². The van der Waals surface area contributed by atoms with E-state index in [0.29, 0.717) is 0 Å². The van der Waals surface area contributed by atoms with Crippen LogP contribution in [0.5, 0.6) is 0 Å². The third-order valence-electron chi connectivity index (χ3n) is 3.43. The number of likely N-dealkylation sites (tertiary alicyclic amines) is 1. The number of hydrogen-bond donors (Lipinski definition) is 1. The van der Waals surface area contributed by atoms with Crippen molar-refractivity contribution in [2.24, 2.45) is 0 Å². The van der Waals surface area contributed by atoms with E-state index in [-0.39, 0.29) is 0 Å². The van der Waals surface area contributed by atoms with E-state index in [4.69, 9.17) is 0 Å². The minimum absolute atomic E-state index is 0.729. The van der Waals surface area contributed by atoms with Crippen molar-refractivity contribution >= 4 is 11.3 Å². The van der Waals surface area contributed by atoms with Crippen LogP contribution in [0.25, 0.3) is 0 Å². The molecular weight excluding hydrogens is 204 g/mol. The van der Waals surface area contributed by atoms with E-state index in [2.05, 4.69) is 27.7 Å². The van der Waals surface area contributed by atoms with Crippen LogP contribution >= 0.6 is 11.3 Å². The van der Waals surface area contributed by atoms with Gasteiger partial charge in [0.25, 0.3) is 0 Å². The SMILES string of the molecule is c1csc(CNC2CCN(C3CC3)C2)c1. The topological polar surface area (TPSA) is 15.3 Å². The second-order valence-electron chi connectivity index (χ2n) is 4.67. The van der Waals surface area contributed by atoms with Gasteiger partial charge in [-0.1, -0.05) is 6.07 Å². The summed E-state index contributed by atoms with van der Waals surface area (Å²) in [4.78, 5) is 4.12. The van der Waals surface area contributed by atoms with Gasteiger partial charge in [0.2, 0.25) is 0 Å². The lowest BCUT2D eigenvalue weighted by molar-refractivity contribution is 0.317. The smallest absolute Gasteiger partial charge is 0.0302 e. The molecule has 1 unspecified atom stereocenters. The summed E-state index contributed by atoms with van der Waals surface area (Å²) >= 11 is 1.85. The Balaban J connectivity index is 1.44. The van der Waals surface area contributed by atoms with Gasteiger partial charge < -0.3 is 5.32 Å². The monoisotopic (exact) mass is 222 g/mol. The van der Waals surface area contributed by atoms with Crippen molar-refractivity contribution in [2.45, 2.75) is 37.9 Å². The van der Waals surface area contributed by atoms with Crippen LogP contribution in [0.15, 0.2) is 17.5 Å². The Morgan fingerprint density at radius 1 is 1.40 bits per heavy atom. The molecule has 1 saturated carbocycles. The zero-order valence-corrected chi connectivity index (χ0v) is 9.80. The molecule has 3 rings (SSSR count).